The Morgan fingerprint density at radius 1 is 1.03 bits per heavy atom. The van der Waals surface area contributed by atoms with Gasteiger partial charge in [-0.05, 0) is 55.8 Å². The molecule has 1 heterocycles. The van der Waals surface area contributed by atoms with Gasteiger partial charge in [-0.2, -0.15) is 0 Å². The van der Waals surface area contributed by atoms with Crippen LogP contribution in [0.15, 0.2) is 42.5 Å². The maximum atomic E-state index is 12.2. The van der Waals surface area contributed by atoms with Gasteiger partial charge in [0.15, 0.2) is 0 Å². The fraction of sp³-hybridized carbons (Fsp3) is 0.348. The number of benzene rings is 2. The number of esters is 1. The van der Waals surface area contributed by atoms with Crippen LogP contribution in [0.2, 0.25) is 0 Å². The van der Waals surface area contributed by atoms with E-state index in [2.05, 4.69) is 6.92 Å². The van der Waals surface area contributed by atoms with E-state index in [1.807, 2.05) is 35.8 Å². The number of nitrogens with zero attached hydrogens (tertiary/aromatic N) is 1. The Balaban J connectivity index is 1.71. The lowest BCUT2D eigenvalue weighted by molar-refractivity contribution is 0.0601. The number of aromatic nitrogens is 1. The number of carbonyl (C=O) groups is 1. The number of fused-ring (bicyclic) bond motifs is 1. The molecule has 154 valence electrons. The van der Waals surface area contributed by atoms with E-state index >= 15 is 0 Å². The van der Waals surface area contributed by atoms with E-state index in [-0.39, 0.29) is 5.75 Å². The molecule has 29 heavy (non-hydrogen) atoms. The molecule has 0 aliphatic carbocycles. The minimum atomic E-state index is -0.420. The van der Waals surface area contributed by atoms with Crippen molar-refractivity contribution in [3.63, 3.8) is 0 Å². The molecule has 0 unspecified atom stereocenters. The summed E-state index contributed by atoms with van der Waals surface area (Å²) in [6.07, 6.45) is 2.14. The van der Waals surface area contributed by atoms with Crippen molar-refractivity contribution in [1.82, 2.24) is 4.57 Å². The smallest absolute Gasteiger partial charge is 0.340 e. The molecule has 0 aliphatic heterocycles. The molecule has 6 heteroatoms. The first-order valence-electron chi connectivity index (χ1n) is 9.81. The fourth-order valence-corrected chi connectivity index (χ4v) is 3.34. The third kappa shape index (κ3) is 4.65. The van der Waals surface area contributed by atoms with Crippen LogP contribution in [0.1, 0.15) is 35.8 Å². The number of aromatic hydroxyl groups is 1. The highest BCUT2D eigenvalue weighted by molar-refractivity contribution is 6.06. The molecule has 1 N–H and O–H groups in total. The van der Waals surface area contributed by atoms with Crippen LogP contribution in [0, 0.1) is 6.92 Å². The van der Waals surface area contributed by atoms with Crippen LogP contribution in [-0.2, 0) is 11.3 Å². The molecule has 6 nitrogen and oxygen atoms in total. The van der Waals surface area contributed by atoms with Crippen molar-refractivity contribution in [2.24, 2.45) is 0 Å². The number of methoxy groups -OCH3 is 1. The highest BCUT2D eigenvalue weighted by atomic mass is 16.5. The van der Waals surface area contributed by atoms with Crippen LogP contribution in [0.3, 0.4) is 0 Å². The van der Waals surface area contributed by atoms with Gasteiger partial charge in [-0.15, -0.1) is 0 Å². The molecule has 1 aromatic heterocycles. The number of unbranched alkanes of at least 4 members (excludes halogenated alkanes) is 1. The molecule has 0 atom stereocenters. The average molecular weight is 397 g/mol. The molecule has 0 aliphatic rings. The normalized spacial score (nSPS) is 10.9. The number of rotatable bonds is 9. The Hall–Kier alpha value is -3.15. The largest absolute Gasteiger partial charge is 0.508 e. The molecule has 0 spiro atoms. The second-order valence-electron chi connectivity index (χ2n) is 6.83. The van der Waals surface area contributed by atoms with Crippen LogP contribution in [0.4, 0.5) is 0 Å². The molecule has 0 amide bonds. The van der Waals surface area contributed by atoms with E-state index in [0.717, 1.165) is 42.2 Å². The molecular formula is C23H27NO5. The summed E-state index contributed by atoms with van der Waals surface area (Å²) in [7, 11) is 1.35. The lowest BCUT2D eigenvalue weighted by Crippen LogP contribution is -2.11. The van der Waals surface area contributed by atoms with Gasteiger partial charge in [0.1, 0.15) is 23.9 Å². The van der Waals surface area contributed by atoms with Crippen LogP contribution in [0.25, 0.3) is 10.9 Å². The van der Waals surface area contributed by atoms with Gasteiger partial charge < -0.3 is 23.9 Å². The topological polar surface area (TPSA) is 69.9 Å². The van der Waals surface area contributed by atoms with Crippen LogP contribution in [0.5, 0.6) is 17.2 Å². The standard InChI is InChI=1S/C23H27NO5/c1-4-5-13-28-18-7-9-19(10-8-18)29-14-12-24-16(2)22(23(26)27-3)20-15-17(25)6-11-21(20)24/h6-11,15,25H,4-5,12-14H2,1-3H3. The van der Waals surface area contributed by atoms with Gasteiger partial charge in [-0.25, -0.2) is 4.79 Å². The van der Waals surface area contributed by atoms with Crippen molar-refractivity contribution >= 4 is 16.9 Å². The number of carbonyl (C=O) groups excluding carboxylic acids is 1. The van der Waals surface area contributed by atoms with Crippen molar-refractivity contribution in [2.75, 3.05) is 20.3 Å². The highest BCUT2D eigenvalue weighted by Gasteiger charge is 2.20. The van der Waals surface area contributed by atoms with Crippen molar-refractivity contribution < 1.29 is 24.1 Å². The number of hydrogen-bond acceptors (Lipinski definition) is 5. The lowest BCUT2D eigenvalue weighted by Gasteiger charge is -2.11. The van der Waals surface area contributed by atoms with E-state index in [1.54, 1.807) is 18.2 Å². The minimum absolute atomic E-state index is 0.109. The zero-order chi connectivity index (χ0) is 20.8. The maximum Gasteiger partial charge on any atom is 0.340 e. The Kier molecular flexibility index (Phi) is 6.65. The molecule has 3 rings (SSSR count). The van der Waals surface area contributed by atoms with Crippen LogP contribution < -0.4 is 9.47 Å². The van der Waals surface area contributed by atoms with Gasteiger partial charge in [0.25, 0.3) is 0 Å². The summed E-state index contributed by atoms with van der Waals surface area (Å²) in [5.41, 5.74) is 2.09. The second kappa shape index (κ2) is 9.37. The van der Waals surface area contributed by atoms with E-state index < -0.39 is 5.97 Å². The van der Waals surface area contributed by atoms with Crippen molar-refractivity contribution in [3.05, 3.63) is 53.7 Å². The molecule has 0 saturated carbocycles. The molecule has 0 saturated heterocycles. The van der Waals surface area contributed by atoms with E-state index in [1.165, 1.54) is 7.11 Å². The third-order valence-corrected chi connectivity index (χ3v) is 4.87. The second-order valence-corrected chi connectivity index (χ2v) is 6.83. The van der Waals surface area contributed by atoms with Gasteiger partial charge >= 0.3 is 5.97 Å². The summed E-state index contributed by atoms with van der Waals surface area (Å²) >= 11 is 0. The van der Waals surface area contributed by atoms with Crippen LogP contribution in [-0.4, -0.2) is 36.0 Å². The zero-order valence-electron chi connectivity index (χ0n) is 17.1. The summed E-state index contributed by atoms with van der Waals surface area (Å²) in [5.74, 6) is 1.28. The molecular weight excluding hydrogens is 370 g/mol. The van der Waals surface area contributed by atoms with Crippen molar-refractivity contribution in [2.45, 2.75) is 33.2 Å². The number of ether oxygens (including phenoxy) is 3. The number of hydrogen-bond donors (Lipinski definition) is 1. The van der Waals surface area contributed by atoms with E-state index in [4.69, 9.17) is 14.2 Å². The third-order valence-electron chi connectivity index (χ3n) is 4.87. The first-order valence-corrected chi connectivity index (χ1v) is 9.81. The summed E-state index contributed by atoms with van der Waals surface area (Å²) in [4.78, 5) is 12.2. The first-order chi connectivity index (χ1) is 14.0. The lowest BCUT2D eigenvalue weighted by atomic mass is 10.1. The quantitative estimate of drug-likeness (QED) is 0.419. The number of phenols is 1. The van der Waals surface area contributed by atoms with Gasteiger partial charge in [0.05, 0.1) is 25.8 Å². The molecule has 2 aromatic carbocycles. The maximum absolute atomic E-state index is 12.2. The minimum Gasteiger partial charge on any atom is -0.508 e. The summed E-state index contributed by atoms with van der Waals surface area (Å²) in [5, 5.41) is 10.5. The van der Waals surface area contributed by atoms with Crippen molar-refractivity contribution in [1.29, 1.82) is 0 Å². The average Bonchev–Trinajstić information content (AvgIpc) is 2.99. The molecule has 0 bridgehead atoms. The fourth-order valence-electron chi connectivity index (χ4n) is 3.34. The zero-order valence-corrected chi connectivity index (χ0v) is 17.1. The van der Waals surface area contributed by atoms with Crippen molar-refractivity contribution in [3.8, 4) is 17.2 Å². The number of phenolic OH excluding ortho intramolecular Hbond substituents is 1. The van der Waals surface area contributed by atoms with Gasteiger partial charge in [0.2, 0.25) is 0 Å². The summed E-state index contributed by atoms with van der Waals surface area (Å²) in [6, 6.07) is 12.6. The van der Waals surface area contributed by atoms with Gasteiger partial charge in [-0.1, -0.05) is 13.3 Å². The highest BCUT2D eigenvalue weighted by Crippen LogP contribution is 2.29. The SMILES string of the molecule is CCCCOc1ccc(OCCn2c(C)c(C(=O)OC)c3cc(O)ccc32)cc1. The van der Waals surface area contributed by atoms with Crippen LogP contribution >= 0.6 is 0 Å². The van der Waals surface area contributed by atoms with E-state index in [9.17, 15) is 9.90 Å². The molecule has 0 fully saturated rings. The van der Waals surface area contributed by atoms with Gasteiger partial charge in [0, 0.05) is 16.6 Å². The van der Waals surface area contributed by atoms with Gasteiger partial charge in [-0.3, -0.25) is 0 Å². The summed E-state index contributed by atoms with van der Waals surface area (Å²) < 4.78 is 18.5. The Labute approximate surface area is 170 Å². The Morgan fingerprint density at radius 2 is 1.69 bits per heavy atom. The van der Waals surface area contributed by atoms with E-state index in [0.29, 0.717) is 24.1 Å². The summed E-state index contributed by atoms with van der Waals surface area (Å²) in [6.45, 7) is 5.70. The predicted octanol–water partition coefficient (Wildman–Crippen LogP) is 4.70. The Morgan fingerprint density at radius 3 is 2.31 bits per heavy atom. The first kappa shape index (κ1) is 20.6. The predicted molar refractivity (Wildman–Crippen MR) is 112 cm³/mol. The molecule has 3 aromatic rings. The monoisotopic (exact) mass is 397 g/mol. The Bertz CT molecular complexity index is 975. The molecule has 0 radical (unpaired) electrons.